The average Bonchev–Trinajstić information content (AvgIpc) is 2.75. The van der Waals surface area contributed by atoms with Gasteiger partial charge in [0.1, 0.15) is 11.6 Å². The maximum atomic E-state index is 13.1. The molecular formula is C21H20FN3O5S. The third kappa shape index (κ3) is 6.01. The quantitative estimate of drug-likeness (QED) is 0.269. The van der Waals surface area contributed by atoms with Crippen LogP contribution < -0.4 is 14.8 Å². The number of nitrogens with one attached hydrogen (secondary N) is 3. The zero-order valence-corrected chi connectivity index (χ0v) is 17.0. The van der Waals surface area contributed by atoms with Crippen LogP contribution in [0.2, 0.25) is 0 Å². The lowest BCUT2D eigenvalue weighted by molar-refractivity contribution is 0.102. The lowest BCUT2D eigenvalue weighted by Gasteiger charge is -2.12. The number of aliphatic hydroxyl groups is 1. The molecule has 0 saturated heterocycles. The van der Waals surface area contributed by atoms with Crippen molar-refractivity contribution in [1.29, 1.82) is 0 Å². The molecule has 3 rings (SSSR count). The van der Waals surface area contributed by atoms with E-state index in [0.29, 0.717) is 5.56 Å². The number of hydrogen-bond acceptors (Lipinski definition) is 5. The van der Waals surface area contributed by atoms with Crippen molar-refractivity contribution in [2.24, 2.45) is 0 Å². The van der Waals surface area contributed by atoms with Crippen molar-refractivity contribution in [3.63, 3.8) is 0 Å². The first kappa shape index (κ1) is 22.2. The van der Waals surface area contributed by atoms with E-state index in [1.54, 1.807) is 36.4 Å². The number of hydrogen-bond donors (Lipinski definition) is 5. The van der Waals surface area contributed by atoms with E-state index in [2.05, 4.69) is 14.8 Å². The lowest BCUT2D eigenvalue weighted by Crippen LogP contribution is -2.32. The normalized spacial score (nSPS) is 11.2. The molecule has 0 bridgehead atoms. The van der Waals surface area contributed by atoms with Gasteiger partial charge in [-0.15, -0.1) is 0 Å². The summed E-state index contributed by atoms with van der Waals surface area (Å²) in [6.45, 7) is -0.580. The van der Waals surface area contributed by atoms with E-state index < -0.39 is 16.1 Å². The summed E-state index contributed by atoms with van der Waals surface area (Å²) in [6.07, 6.45) is 0. The molecule has 0 saturated carbocycles. The smallest absolute Gasteiger partial charge is 0.299 e. The molecule has 3 aromatic carbocycles. The molecule has 0 aliphatic heterocycles. The standard InChI is InChI=1S/C21H20FN3O5S/c22-17-7-5-15(6-8-17)14-1-3-16(4-2-14)21(28)24-18-9-10-20(27)19(13-18)25-31(29,30)23-11-12-26/h1-10,13,23,25-27H,11-12H2,(H,24,28). The minimum Gasteiger partial charge on any atom is -0.506 e. The van der Waals surface area contributed by atoms with E-state index in [-0.39, 0.29) is 36.1 Å². The second kappa shape index (κ2) is 9.56. The molecule has 1 amide bonds. The van der Waals surface area contributed by atoms with Gasteiger partial charge in [0.05, 0.1) is 12.3 Å². The number of aromatic hydroxyl groups is 1. The molecule has 0 atom stereocenters. The summed E-state index contributed by atoms with van der Waals surface area (Å²) in [6, 6.07) is 16.6. The van der Waals surface area contributed by atoms with Crippen LogP contribution in [0.5, 0.6) is 5.75 Å². The molecule has 0 fully saturated rings. The molecule has 0 unspecified atom stereocenters. The maximum absolute atomic E-state index is 13.1. The van der Waals surface area contributed by atoms with Crippen molar-refractivity contribution in [1.82, 2.24) is 4.72 Å². The molecule has 162 valence electrons. The molecule has 3 aromatic rings. The van der Waals surface area contributed by atoms with Crippen LogP contribution in [-0.2, 0) is 10.2 Å². The monoisotopic (exact) mass is 445 g/mol. The van der Waals surface area contributed by atoms with Gasteiger partial charge in [0.15, 0.2) is 0 Å². The van der Waals surface area contributed by atoms with Gasteiger partial charge in [-0.05, 0) is 53.6 Å². The van der Waals surface area contributed by atoms with Gasteiger partial charge in [0.2, 0.25) is 0 Å². The third-order valence-electron chi connectivity index (χ3n) is 4.23. The Morgan fingerprint density at radius 2 is 1.55 bits per heavy atom. The van der Waals surface area contributed by atoms with Gasteiger partial charge in [-0.2, -0.15) is 13.1 Å². The molecule has 10 heteroatoms. The Labute approximate surface area is 178 Å². The van der Waals surface area contributed by atoms with Crippen LogP contribution in [0.1, 0.15) is 10.4 Å². The number of benzene rings is 3. The van der Waals surface area contributed by atoms with Crippen molar-refractivity contribution in [3.05, 3.63) is 78.1 Å². The van der Waals surface area contributed by atoms with Crippen molar-refractivity contribution < 1.29 is 27.8 Å². The molecule has 0 spiro atoms. The van der Waals surface area contributed by atoms with E-state index in [4.69, 9.17) is 5.11 Å². The molecule has 0 radical (unpaired) electrons. The molecule has 0 aromatic heterocycles. The van der Waals surface area contributed by atoms with E-state index in [1.807, 2.05) is 0 Å². The number of anilines is 2. The summed E-state index contributed by atoms with van der Waals surface area (Å²) in [5.74, 6) is -1.11. The Bertz CT molecular complexity index is 1170. The first-order valence-electron chi connectivity index (χ1n) is 9.16. The summed E-state index contributed by atoms with van der Waals surface area (Å²) in [4.78, 5) is 12.5. The minimum absolute atomic E-state index is 0.144. The Morgan fingerprint density at radius 3 is 2.16 bits per heavy atom. The van der Waals surface area contributed by atoms with Gasteiger partial charge in [-0.3, -0.25) is 9.52 Å². The molecule has 0 aliphatic carbocycles. The zero-order chi connectivity index (χ0) is 22.4. The topological polar surface area (TPSA) is 128 Å². The van der Waals surface area contributed by atoms with Crippen molar-refractivity contribution in [2.45, 2.75) is 0 Å². The highest BCUT2D eigenvalue weighted by Crippen LogP contribution is 2.28. The van der Waals surface area contributed by atoms with Crippen molar-refractivity contribution >= 4 is 27.5 Å². The summed E-state index contributed by atoms with van der Waals surface area (Å²) >= 11 is 0. The van der Waals surface area contributed by atoms with Crippen LogP contribution in [0, 0.1) is 5.82 Å². The molecule has 0 heterocycles. The Kier molecular flexibility index (Phi) is 6.85. The van der Waals surface area contributed by atoms with Gasteiger partial charge in [-0.25, -0.2) is 4.39 Å². The third-order valence-corrected chi connectivity index (χ3v) is 5.30. The zero-order valence-electron chi connectivity index (χ0n) is 16.2. The van der Waals surface area contributed by atoms with E-state index >= 15 is 0 Å². The fourth-order valence-corrected chi connectivity index (χ4v) is 3.60. The number of phenolic OH excluding ortho intramolecular Hbond substituents is 1. The molecule has 5 N–H and O–H groups in total. The van der Waals surface area contributed by atoms with Crippen molar-refractivity contribution in [2.75, 3.05) is 23.2 Å². The Morgan fingerprint density at radius 1 is 0.935 bits per heavy atom. The molecule has 31 heavy (non-hydrogen) atoms. The van der Waals surface area contributed by atoms with Crippen LogP contribution in [0.15, 0.2) is 66.7 Å². The highest BCUT2D eigenvalue weighted by atomic mass is 32.2. The SMILES string of the molecule is O=C(Nc1ccc(O)c(NS(=O)(=O)NCCO)c1)c1ccc(-c2ccc(F)cc2)cc1. The molecule has 8 nitrogen and oxygen atoms in total. The fraction of sp³-hybridized carbons (Fsp3) is 0.0952. The maximum Gasteiger partial charge on any atom is 0.299 e. The molecule has 0 aliphatic rings. The fourth-order valence-electron chi connectivity index (χ4n) is 2.72. The summed E-state index contributed by atoms with van der Waals surface area (Å²) in [7, 11) is -4.01. The van der Waals surface area contributed by atoms with Gasteiger partial charge in [0, 0.05) is 17.8 Å². The second-order valence-electron chi connectivity index (χ2n) is 6.49. The summed E-state index contributed by atoms with van der Waals surface area (Å²) < 4.78 is 41.0. The van der Waals surface area contributed by atoms with Gasteiger partial charge >= 0.3 is 0 Å². The van der Waals surface area contributed by atoms with E-state index in [0.717, 1.165) is 11.1 Å². The van der Waals surface area contributed by atoms with Crippen LogP contribution in [0.4, 0.5) is 15.8 Å². The number of carbonyl (C=O) groups excluding carboxylic acids is 1. The summed E-state index contributed by atoms with van der Waals surface area (Å²) in [5.41, 5.74) is 2.08. The first-order chi connectivity index (χ1) is 14.8. The van der Waals surface area contributed by atoms with E-state index in [9.17, 15) is 22.7 Å². The first-order valence-corrected chi connectivity index (χ1v) is 10.6. The number of carbonyl (C=O) groups is 1. The van der Waals surface area contributed by atoms with Crippen LogP contribution >= 0.6 is 0 Å². The number of aliphatic hydroxyl groups excluding tert-OH is 1. The highest BCUT2D eigenvalue weighted by molar-refractivity contribution is 7.90. The number of halogens is 1. The van der Waals surface area contributed by atoms with Crippen LogP contribution in [-0.4, -0.2) is 37.7 Å². The predicted octanol–water partition coefficient (Wildman–Crippen LogP) is 2.69. The summed E-state index contributed by atoms with van der Waals surface area (Å²) in [5, 5.41) is 21.2. The average molecular weight is 445 g/mol. The van der Waals surface area contributed by atoms with Crippen molar-refractivity contribution in [3.8, 4) is 16.9 Å². The lowest BCUT2D eigenvalue weighted by atomic mass is 10.0. The van der Waals surface area contributed by atoms with Gasteiger partial charge in [-0.1, -0.05) is 24.3 Å². The van der Waals surface area contributed by atoms with E-state index in [1.165, 1.54) is 30.3 Å². The highest BCUT2D eigenvalue weighted by Gasteiger charge is 2.14. The second-order valence-corrected chi connectivity index (χ2v) is 7.99. The number of phenols is 1. The largest absolute Gasteiger partial charge is 0.506 e. The predicted molar refractivity (Wildman–Crippen MR) is 116 cm³/mol. The van der Waals surface area contributed by atoms with Crippen LogP contribution in [0.25, 0.3) is 11.1 Å². The number of rotatable bonds is 8. The molecular weight excluding hydrogens is 425 g/mol. The van der Waals surface area contributed by atoms with Crippen LogP contribution in [0.3, 0.4) is 0 Å². The number of amides is 1. The van der Waals surface area contributed by atoms with Gasteiger partial charge < -0.3 is 15.5 Å². The Hall–Kier alpha value is -3.47. The van der Waals surface area contributed by atoms with Gasteiger partial charge in [0.25, 0.3) is 16.1 Å². The Balaban J connectivity index is 1.72. The minimum atomic E-state index is -4.01.